The van der Waals surface area contributed by atoms with Crippen molar-refractivity contribution in [1.29, 1.82) is 0 Å². The number of hydrogen-bond acceptors (Lipinski definition) is 4. The second-order valence-corrected chi connectivity index (χ2v) is 9.29. The van der Waals surface area contributed by atoms with Crippen LogP contribution in [0.3, 0.4) is 0 Å². The lowest BCUT2D eigenvalue weighted by molar-refractivity contribution is 0.142. The van der Waals surface area contributed by atoms with Gasteiger partial charge < -0.3 is 10.5 Å². The molecular weight excluding hydrogens is 346 g/mol. The van der Waals surface area contributed by atoms with Gasteiger partial charge in [0.1, 0.15) is 0 Å². The molecule has 1 saturated carbocycles. The highest BCUT2D eigenvalue weighted by molar-refractivity contribution is 7.92. The first-order chi connectivity index (χ1) is 12.4. The molecule has 0 heterocycles. The van der Waals surface area contributed by atoms with Gasteiger partial charge in [-0.15, -0.1) is 0 Å². The van der Waals surface area contributed by atoms with Crippen molar-refractivity contribution in [3.63, 3.8) is 0 Å². The van der Waals surface area contributed by atoms with Crippen LogP contribution in [0.1, 0.15) is 29.5 Å². The van der Waals surface area contributed by atoms with E-state index in [0.29, 0.717) is 11.5 Å². The van der Waals surface area contributed by atoms with Gasteiger partial charge in [-0.2, -0.15) is 0 Å². The van der Waals surface area contributed by atoms with E-state index in [1.807, 2.05) is 31.2 Å². The topological polar surface area (TPSA) is 69.4 Å². The van der Waals surface area contributed by atoms with Crippen LogP contribution in [0.4, 0.5) is 0 Å². The monoisotopic (exact) mass is 373 g/mol. The molecule has 140 valence electrons. The summed E-state index contributed by atoms with van der Waals surface area (Å²) in [6.07, 6.45) is 0.955. The highest BCUT2D eigenvalue weighted by atomic mass is 32.2. The predicted octanol–water partition coefficient (Wildman–Crippen LogP) is 3.09. The first-order valence-corrected chi connectivity index (χ1v) is 10.5. The molecule has 0 unspecified atom stereocenters. The third-order valence-electron chi connectivity index (χ3n) is 5.60. The van der Waals surface area contributed by atoms with Gasteiger partial charge in [-0.05, 0) is 36.6 Å². The number of methoxy groups -OCH3 is 1. The van der Waals surface area contributed by atoms with Crippen molar-refractivity contribution < 1.29 is 13.2 Å². The highest BCUT2D eigenvalue weighted by Crippen LogP contribution is 2.63. The number of hydrogen-bond donors (Lipinski definition) is 1. The van der Waals surface area contributed by atoms with Crippen molar-refractivity contribution in [3.05, 3.63) is 65.2 Å². The largest absolute Gasteiger partial charge is 0.384 e. The van der Waals surface area contributed by atoms with E-state index >= 15 is 0 Å². The first-order valence-electron chi connectivity index (χ1n) is 8.99. The van der Waals surface area contributed by atoms with Gasteiger partial charge in [0.25, 0.3) is 0 Å². The zero-order valence-electron chi connectivity index (χ0n) is 15.6. The summed E-state index contributed by atoms with van der Waals surface area (Å²) in [4.78, 5) is 0.356. The fourth-order valence-corrected chi connectivity index (χ4v) is 6.47. The summed E-state index contributed by atoms with van der Waals surface area (Å²) < 4.78 is 32.1. The number of aryl methyl sites for hydroxylation is 2. The summed E-state index contributed by atoms with van der Waals surface area (Å²) in [6, 6.07) is 15.3. The minimum atomic E-state index is -3.50. The fraction of sp³-hybridized carbons (Fsp3) is 0.429. The molecule has 0 amide bonds. The molecule has 3 rings (SSSR count). The number of ether oxygens (including phenoxy) is 1. The van der Waals surface area contributed by atoms with Crippen LogP contribution in [-0.4, -0.2) is 33.9 Å². The predicted molar refractivity (Wildman–Crippen MR) is 104 cm³/mol. The van der Waals surface area contributed by atoms with E-state index in [4.69, 9.17) is 10.5 Å². The third-order valence-corrected chi connectivity index (χ3v) is 7.94. The average molecular weight is 374 g/mol. The van der Waals surface area contributed by atoms with Crippen LogP contribution < -0.4 is 5.73 Å². The van der Waals surface area contributed by atoms with Gasteiger partial charge in [0, 0.05) is 25.0 Å². The molecule has 1 aliphatic rings. The molecule has 2 aromatic carbocycles. The van der Waals surface area contributed by atoms with Crippen LogP contribution in [0.2, 0.25) is 0 Å². The maximum Gasteiger partial charge on any atom is 0.182 e. The Morgan fingerprint density at radius 2 is 1.69 bits per heavy atom. The van der Waals surface area contributed by atoms with Crippen molar-refractivity contribution >= 4 is 9.84 Å². The van der Waals surface area contributed by atoms with Crippen molar-refractivity contribution in [1.82, 2.24) is 0 Å². The molecule has 0 aromatic heterocycles. The summed E-state index contributed by atoms with van der Waals surface area (Å²) in [6.45, 7) is 4.66. The van der Waals surface area contributed by atoms with E-state index in [9.17, 15) is 8.42 Å². The van der Waals surface area contributed by atoms with Crippen LogP contribution in [0, 0.1) is 12.3 Å². The third kappa shape index (κ3) is 3.08. The molecule has 0 saturated heterocycles. The maximum absolute atomic E-state index is 13.4. The van der Waals surface area contributed by atoms with Crippen molar-refractivity contribution in [3.8, 4) is 0 Å². The Morgan fingerprint density at radius 1 is 1.08 bits per heavy atom. The minimum Gasteiger partial charge on any atom is -0.384 e. The molecule has 0 spiro atoms. The smallest absolute Gasteiger partial charge is 0.182 e. The van der Waals surface area contributed by atoms with Gasteiger partial charge in [0.2, 0.25) is 0 Å². The Kier molecular flexibility index (Phi) is 5.24. The fourth-order valence-electron chi connectivity index (χ4n) is 4.03. The lowest BCUT2D eigenvalue weighted by atomic mass is 9.99. The van der Waals surface area contributed by atoms with Gasteiger partial charge in [0.05, 0.1) is 16.8 Å². The van der Waals surface area contributed by atoms with Crippen molar-refractivity contribution in [2.24, 2.45) is 11.1 Å². The van der Waals surface area contributed by atoms with E-state index in [-0.39, 0.29) is 12.5 Å². The quantitative estimate of drug-likeness (QED) is 0.810. The standard InChI is InChI=1S/C21H27NO3S/c1-4-16-7-9-17(10-8-16)19-20(21(19,13-22)14-25-3)26(23,24)18-11-5-15(2)6-12-18/h5-12,19-20H,4,13-14,22H2,1-3H3/t19-,20+,21+/m1/s1. The highest BCUT2D eigenvalue weighted by Gasteiger charge is 2.70. The van der Waals surface area contributed by atoms with E-state index in [1.54, 1.807) is 19.2 Å². The zero-order chi connectivity index (χ0) is 18.9. The lowest BCUT2D eigenvalue weighted by Crippen LogP contribution is -2.28. The molecule has 0 bridgehead atoms. The van der Waals surface area contributed by atoms with Crippen LogP contribution in [-0.2, 0) is 21.0 Å². The summed E-state index contributed by atoms with van der Waals surface area (Å²) in [5.74, 6) is -0.148. The van der Waals surface area contributed by atoms with E-state index in [1.165, 1.54) is 5.56 Å². The molecule has 4 nitrogen and oxygen atoms in total. The summed E-state index contributed by atoms with van der Waals surface area (Å²) in [7, 11) is -1.90. The van der Waals surface area contributed by atoms with Crippen LogP contribution in [0.5, 0.6) is 0 Å². The maximum atomic E-state index is 13.4. The number of rotatable bonds is 7. The Balaban J connectivity index is 2.03. The zero-order valence-corrected chi connectivity index (χ0v) is 16.4. The normalized spacial score (nSPS) is 25.2. The van der Waals surface area contributed by atoms with Crippen molar-refractivity contribution in [2.75, 3.05) is 20.3 Å². The second-order valence-electron chi connectivity index (χ2n) is 7.22. The van der Waals surface area contributed by atoms with Crippen LogP contribution >= 0.6 is 0 Å². The van der Waals surface area contributed by atoms with Gasteiger partial charge in [-0.1, -0.05) is 48.9 Å². The summed E-state index contributed by atoms with van der Waals surface area (Å²) in [5.41, 5.74) is 8.79. The van der Waals surface area contributed by atoms with E-state index in [0.717, 1.165) is 17.5 Å². The molecule has 5 heteroatoms. The molecule has 3 atom stereocenters. The van der Waals surface area contributed by atoms with Gasteiger partial charge >= 0.3 is 0 Å². The van der Waals surface area contributed by atoms with E-state index < -0.39 is 20.5 Å². The molecule has 2 aromatic rings. The Bertz CT molecular complexity index is 859. The Hall–Kier alpha value is -1.69. The lowest BCUT2D eigenvalue weighted by Gasteiger charge is -2.15. The Morgan fingerprint density at radius 3 is 2.19 bits per heavy atom. The number of nitrogens with two attached hydrogens (primary N) is 1. The van der Waals surface area contributed by atoms with Crippen molar-refractivity contribution in [2.45, 2.75) is 36.3 Å². The SMILES string of the molecule is CCc1ccc([C@@H]2[C@H](S(=O)(=O)c3ccc(C)cc3)[C@@]2(CN)COC)cc1. The second kappa shape index (κ2) is 7.14. The van der Waals surface area contributed by atoms with Gasteiger partial charge in [0.15, 0.2) is 9.84 Å². The Labute approximate surface area is 156 Å². The van der Waals surface area contributed by atoms with Gasteiger partial charge in [-0.3, -0.25) is 0 Å². The number of sulfone groups is 1. The first kappa shape index (κ1) is 19.1. The van der Waals surface area contributed by atoms with E-state index in [2.05, 4.69) is 19.1 Å². The summed E-state index contributed by atoms with van der Waals surface area (Å²) in [5, 5.41) is -0.560. The average Bonchev–Trinajstić information content (AvgIpc) is 3.32. The minimum absolute atomic E-state index is 0.148. The molecule has 2 N–H and O–H groups in total. The molecule has 0 aliphatic heterocycles. The number of benzene rings is 2. The molecule has 26 heavy (non-hydrogen) atoms. The van der Waals surface area contributed by atoms with Crippen LogP contribution in [0.25, 0.3) is 0 Å². The molecule has 1 fully saturated rings. The molecule has 0 radical (unpaired) electrons. The summed E-state index contributed by atoms with van der Waals surface area (Å²) >= 11 is 0. The molecular formula is C21H27NO3S. The van der Waals surface area contributed by atoms with Gasteiger partial charge in [-0.25, -0.2) is 8.42 Å². The van der Waals surface area contributed by atoms with Crippen LogP contribution in [0.15, 0.2) is 53.4 Å². The molecule has 1 aliphatic carbocycles.